The van der Waals surface area contributed by atoms with Gasteiger partial charge in [0.25, 0.3) is 0 Å². The maximum absolute atomic E-state index is 11.7. The summed E-state index contributed by atoms with van der Waals surface area (Å²) >= 11 is 0. The monoisotopic (exact) mass is 282 g/mol. The van der Waals surface area contributed by atoms with Crippen molar-refractivity contribution in [2.45, 2.75) is 46.3 Å². The zero-order chi connectivity index (χ0) is 15.4. The second-order valence-electron chi connectivity index (χ2n) is 4.73. The highest BCUT2D eigenvalue weighted by atomic mass is 16.6. The maximum Gasteiger partial charge on any atom is 0.375 e. The number of carbonyl (C=O) groups excluding carboxylic acids is 3. The van der Waals surface area contributed by atoms with Crippen LogP contribution in [0.5, 0.6) is 0 Å². The number of cyclic esters (lactones) is 1. The van der Waals surface area contributed by atoms with Crippen molar-refractivity contribution >= 4 is 17.9 Å². The van der Waals surface area contributed by atoms with Gasteiger partial charge in [0.15, 0.2) is 0 Å². The first-order chi connectivity index (χ1) is 9.22. The SMILES string of the molecule is C=C(C)C(=O)OC(C)CC(=O)OC1=C(C)C(C)OC1=O. The van der Waals surface area contributed by atoms with Crippen molar-refractivity contribution in [3.8, 4) is 0 Å². The highest BCUT2D eigenvalue weighted by Gasteiger charge is 2.32. The zero-order valence-electron chi connectivity index (χ0n) is 12.0. The molecule has 0 saturated heterocycles. The van der Waals surface area contributed by atoms with E-state index in [1.807, 2.05) is 0 Å². The van der Waals surface area contributed by atoms with Crippen LogP contribution in [0.15, 0.2) is 23.5 Å². The fourth-order valence-electron chi connectivity index (χ4n) is 1.49. The Balaban J connectivity index is 2.54. The molecule has 1 heterocycles. The number of carbonyl (C=O) groups is 3. The van der Waals surface area contributed by atoms with Crippen molar-refractivity contribution in [2.24, 2.45) is 0 Å². The molecule has 1 rings (SSSR count). The fraction of sp³-hybridized carbons (Fsp3) is 0.500. The predicted molar refractivity (Wildman–Crippen MR) is 69.3 cm³/mol. The first-order valence-corrected chi connectivity index (χ1v) is 6.21. The van der Waals surface area contributed by atoms with E-state index in [0.717, 1.165) is 0 Å². The van der Waals surface area contributed by atoms with Crippen molar-refractivity contribution in [3.05, 3.63) is 23.5 Å². The molecule has 110 valence electrons. The first-order valence-electron chi connectivity index (χ1n) is 6.21. The number of hydrogen-bond donors (Lipinski definition) is 0. The molecule has 0 spiro atoms. The van der Waals surface area contributed by atoms with Gasteiger partial charge in [-0.3, -0.25) is 4.79 Å². The third-order valence-corrected chi connectivity index (χ3v) is 2.76. The quantitative estimate of drug-likeness (QED) is 0.433. The predicted octanol–water partition coefficient (Wildman–Crippen LogP) is 1.65. The van der Waals surface area contributed by atoms with Crippen molar-refractivity contribution in [1.82, 2.24) is 0 Å². The van der Waals surface area contributed by atoms with E-state index in [2.05, 4.69) is 6.58 Å². The molecule has 0 fully saturated rings. The lowest BCUT2D eigenvalue weighted by Gasteiger charge is -2.12. The van der Waals surface area contributed by atoms with Gasteiger partial charge in [0.1, 0.15) is 12.2 Å². The molecule has 2 atom stereocenters. The molecule has 6 nitrogen and oxygen atoms in total. The molecule has 0 aromatic rings. The molecule has 0 aromatic carbocycles. The minimum absolute atomic E-state index is 0.0825. The van der Waals surface area contributed by atoms with Gasteiger partial charge in [0.05, 0.1) is 6.42 Å². The number of esters is 3. The zero-order valence-corrected chi connectivity index (χ0v) is 12.0. The van der Waals surface area contributed by atoms with Gasteiger partial charge in [-0.05, 0) is 27.7 Å². The topological polar surface area (TPSA) is 78.9 Å². The van der Waals surface area contributed by atoms with Crippen molar-refractivity contribution in [2.75, 3.05) is 0 Å². The van der Waals surface area contributed by atoms with Crippen LogP contribution in [0.25, 0.3) is 0 Å². The average Bonchev–Trinajstić information content (AvgIpc) is 2.55. The van der Waals surface area contributed by atoms with Crippen LogP contribution in [-0.4, -0.2) is 30.1 Å². The molecular formula is C14H18O6. The highest BCUT2D eigenvalue weighted by molar-refractivity contribution is 5.93. The summed E-state index contributed by atoms with van der Waals surface area (Å²) in [6, 6.07) is 0. The van der Waals surface area contributed by atoms with E-state index in [-0.39, 0.29) is 17.8 Å². The summed E-state index contributed by atoms with van der Waals surface area (Å²) in [5, 5.41) is 0. The summed E-state index contributed by atoms with van der Waals surface area (Å²) in [5.41, 5.74) is 0.812. The minimum Gasteiger partial charge on any atom is -0.459 e. The summed E-state index contributed by atoms with van der Waals surface area (Å²) in [6.07, 6.45) is -1.22. The second-order valence-corrected chi connectivity index (χ2v) is 4.73. The lowest BCUT2D eigenvalue weighted by Crippen LogP contribution is -2.21. The van der Waals surface area contributed by atoms with E-state index in [1.54, 1.807) is 20.8 Å². The molecule has 0 aromatic heterocycles. The molecule has 0 aliphatic carbocycles. The molecule has 1 aliphatic rings. The Morgan fingerprint density at radius 2 is 2.05 bits per heavy atom. The summed E-state index contributed by atoms with van der Waals surface area (Å²) in [5.74, 6) is -1.97. The molecule has 0 saturated carbocycles. The Morgan fingerprint density at radius 3 is 2.50 bits per heavy atom. The van der Waals surface area contributed by atoms with E-state index in [9.17, 15) is 14.4 Å². The highest BCUT2D eigenvalue weighted by Crippen LogP contribution is 2.23. The molecule has 6 heteroatoms. The lowest BCUT2D eigenvalue weighted by atomic mass is 10.2. The number of rotatable bonds is 5. The van der Waals surface area contributed by atoms with Gasteiger partial charge in [0, 0.05) is 11.1 Å². The van der Waals surface area contributed by atoms with E-state index in [4.69, 9.17) is 14.2 Å². The fourth-order valence-corrected chi connectivity index (χ4v) is 1.49. The average molecular weight is 282 g/mol. The summed E-state index contributed by atoms with van der Waals surface area (Å²) in [4.78, 5) is 34.4. The van der Waals surface area contributed by atoms with Crippen LogP contribution < -0.4 is 0 Å². The van der Waals surface area contributed by atoms with Crippen LogP contribution >= 0.6 is 0 Å². The first kappa shape index (κ1) is 15.9. The van der Waals surface area contributed by atoms with Crippen LogP contribution in [-0.2, 0) is 28.6 Å². The van der Waals surface area contributed by atoms with E-state index < -0.39 is 30.1 Å². The molecular weight excluding hydrogens is 264 g/mol. The Bertz CT molecular complexity index is 488. The summed E-state index contributed by atoms with van der Waals surface area (Å²) < 4.78 is 14.8. The number of ether oxygens (including phenoxy) is 3. The lowest BCUT2D eigenvalue weighted by molar-refractivity contribution is -0.154. The molecule has 0 bridgehead atoms. The van der Waals surface area contributed by atoms with Gasteiger partial charge in [-0.2, -0.15) is 0 Å². The van der Waals surface area contributed by atoms with Gasteiger partial charge in [-0.1, -0.05) is 6.58 Å². The van der Waals surface area contributed by atoms with Gasteiger partial charge in [-0.25, -0.2) is 9.59 Å². The largest absolute Gasteiger partial charge is 0.459 e. The van der Waals surface area contributed by atoms with Crippen LogP contribution in [0, 0.1) is 0 Å². The van der Waals surface area contributed by atoms with Crippen LogP contribution in [0.4, 0.5) is 0 Å². The van der Waals surface area contributed by atoms with Gasteiger partial charge >= 0.3 is 17.9 Å². The molecule has 2 unspecified atom stereocenters. The molecule has 0 N–H and O–H groups in total. The Kier molecular flexibility index (Phi) is 5.07. The molecule has 0 amide bonds. The van der Waals surface area contributed by atoms with Crippen molar-refractivity contribution in [1.29, 1.82) is 0 Å². The smallest absolute Gasteiger partial charge is 0.375 e. The third-order valence-electron chi connectivity index (χ3n) is 2.76. The van der Waals surface area contributed by atoms with Crippen molar-refractivity contribution < 1.29 is 28.6 Å². The van der Waals surface area contributed by atoms with E-state index in [1.165, 1.54) is 6.92 Å². The second kappa shape index (κ2) is 6.36. The van der Waals surface area contributed by atoms with Crippen LogP contribution in [0.2, 0.25) is 0 Å². The maximum atomic E-state index is 11.7. The third kappa shape index (κ3) is 3.94. The van der Waals surface area contributed by atoms with Crippen molar-refractivity contribution in [3.63, 3.8) is 0 Å². The van der Waals surface area contributed by atoms with E-state index >= 15 is 0 Å². The van der Waals surface area contributed by atoms with Gasteiger partial charge < -0.3 is 14.2 Å². The standard InChI is InChI=1S/C14H18O6/c1-7(2)13(16)18-8(3)6-11(15)20-12-9(4)10(5)19-14(12)17/h8,10H,1,6H2,2-5H3. The van der Waals surface area contributed by atoms with Gasteiger partial charge in [-0.15, -0.1) is 0 Å². The van der Waals surface area contributed by atoms with Crippen LogP contribution in [0.1, 0.15) is 34.1 Å². The Morgan fingerprint density at radius 1 is 1.45 bits per heavy atom. The van der Waals surface area contributed by atoms with Crippen LogP contribution in [0.3, 0.4) is 0 Å². The summed E-state index contributed by atoms with van der Waals surface area (Å²) in [7, 11) is 0. The Labute approximate surface area is 117 Å². The summed E-state index contributed by atoms with van der Waals surface area (Å²) in [6.45, 7) is 9.85. The molecule has 20 heavy (non-hydrogen) atoms. The molecule has 0 radical (unpaired) electrons. The molecule has 1 aliphatic heterocycles. The van der Waals surface area contributed by atoms with Gasteiger partial charge in [0.2, 0.25) is 5.76 Å². The number of hydrogen-bond acceptors (Lipinski definition) is 6. The Hall–Kier alpha value is -2.11. The van der Waals surface area contributed by atoms with E-state index in [0.29, 0.717) is 5.57 Å². The minimum atomic E-state index is -0.664. The normalized spacial score (nSPS) is 19.4.